The van der Waals surface area contributed by atoms with Crippen molar-refractivity contribution in [2.75, 3.05) is 6.54 Å². The zero-order valence-electron chi connectivity index (χ0n) is 7.44. The van der Waals surface area contributed by atoms with E-state index < -0.39 is 0 Å². The van der Waals surface area contributed by atoms with Crippen LogP contribution < -0.4 is 10.2 Å². The van der Waals surface area contributed by atoms with Crippen LogP contribution in [-0.4, -0.2) is 11.5 Å². The molecule has 0 unspecified atom stereocenters. The highest BCUT2D eigenvalue weighted by Gasteiger charge is 2.01. The maximum atomic E-state index is 10.9. The zero-order valence-corrected chi connectivity index (χ0v) is 8.25. The van der Waals surface area contributed by atoms with Crippen LogP contribution in [0.25, 0.3) is 0 Å². The van der Waals surface area contributed by atoms with Gasteiger partial charge in [0.15, 0.2) is 0 Å². The Balaban J connectivity index is 2.51. The fraction of sp³-hybridized carbons (Fsp3) is 0.625. The SMILES string of the molecule is CCCNCc1sc(=O)[nH]c1C. The Labute approximate surface area is 75.8 Å². The monoisotopic (exact) mass is 186 g/mol. The first-order valence-electron chi connectivity index (χ1n) is 4.13. The molecular weight excluding hydrogens is 172 g/mol. The van der Waals surface area contributed by atoms with E-state index in [1.54, 1.807) is 0 Å². The molecule has 0 atom stereocenters. The Bertz CT molecular complexity index is 289. The van der Waals surface area contributed by atoms with E-state index in [2.05, 4.69) is 17.2 Å². The van der Waals surface area contributed by atoms with Gasteiger partial charge in [0.2, 0.25) is 0 Å². The minimum atomic E-state index is 0.0424. The molecule has 0 bridgehead atoms. The largest absolute Gasteiger partial charge is 0.317 e. The van der Waals surface area contributed by atoms with Crippen LogP contribution in [-0.2, 0) is 6.54 Å². The van der Waals surface area contributed by atoms with Crippen LogP contribution in [0, 0.1) is 6.92 Å². The summed E-state index contributed by atoms with van der Waals surface area (Å²) in [6, 6.07) is 0. The van der Waals surface area contributed by atoms with Gasteiger partial charge in [-0.2, -0.15) is 0 Å². The lowest BCUT2D eigenvalue weighted by molar-refractivity contribution is 0.678. The molecule has 0 saturated carbocycles. The maximum Gasteiger partial charge on any atom is 0.304 e. The standard InChI is InChI=1S/C8H14N2OS/c1-3-4-9-5-7-6(2)10-8(11)12-7/h9H,3-5H2,1-2H3,(H,10,11). The van der Waals surface area contributed by atoms with Crippen LogP contribution in [0.3, 0.4) is 0 Å². The van der Waals surface area contributed by atoms with Gasteiger partial charge in [0.05, 0.1) is 0 Å². The van der Waals surface area contributed by atoms with Crippen molar-refractivity contribution in [2.24, 2.45) is 0 Å². The van der Waals surface area contributed by atoms with E-state index in [0.29, 0.717) is 0 Å². The summed E-state index contributed by atoms with van der Waals surface area (Å²) in [5.74, 6) is 0. The first-order valence-corrected chi connectivity index (χ1v) is 4.95. The number of thiazole rings is 1. The lowest BCUT2D eigenvalue weighted by Gasteiger charge is -1.99. The molecule has 1 aromatic rings. The molecule has 0 amide bonds. The highest BCUT2D eigenvalue weighted by Crippen LogP contribution is 2.06. The smallest absolute Gasteiger partial charge is 0.304 e. The molecule has 12 heavy (non-hydrogen) atoms. The van der Waals surface area contributed by atoms with Gasteiger partial charge in [0, 0.05) is 17.1 Å². The summed E-state index contributed by atoms with van der Waals surface area (Å²) in [7, 11) is 0. The number of hydrogen-bond acceptors (Lipinski definition) is 3. The minimum absolute atomic E-state index is 0.0424. The second kappa shape index (κ2) is 4.42. The topological polar surface area (TPSA) is 44.9 Å². The fourth-order valence-corrected chi connectivity index (χ4v) is 1.79. The van der Waals surface area contributed by atoms with Crippen molar-refractivity contribution in [2.45, 2.75) is 26.8 Å². The van der Waals surface area contributed by atoms with Gasteiger partial charge < -0.3 is 10.3 Å². The summed E-state index contributed by atoms with van der Waals surface area (Å²) in [4.78, 5) is 14.8. The fourth-order valence-electron chi connectivity index (χ4n) is 0.984. The van der Waals surface area contributed by atoms with E-state index in [9.17, 15) is 4.79 Å². The molecule has 0 aromatic carbocycles. The molecular formula is C8H14N2OS. The molecule has 0 radical (unpaired) electrons. The van der Waals surface area contributed by atoms with Gasteiger partial charge in [0.25, 0.3) is 0 Å². The van der Waals surface area contributed by atoms with E-state index in [1.165, 1.54) is 11.3 Å². The molecule has 2 N–H and O–H groups in total. The normalized spacial score (nSPS) is 10.5. The van der Waals surface area contributed by atoms with Crippen LogP contribution >= 0.6 is 11.3 Å². The molecule has 0 aliphatic rings. The van der Waals surface area contributed by atoms with Crippen LogP contribution in [0.1, 0.15) is 23.9 Å². The predicted molar refractivity (Wildman–Crippen MR) is 51.7 cm³/mol. The van der Waals surface area contributed by atoms with Crippen LogP contribution in [0.4, 0.5) is 0 Å². The third-order valence-electron chi connectivity index (χ3n) is 1.64. The van der Waals surface area contributed by atoms with Crippen molar-refractivity contribution in [3.05, 3.63) is 20.2 Å². The molecule has 1 rings (SSSR count). The van der Waals surface area contributed by atoms with Gasteiger partial charge in [0.1, 0.15) is 0 Å². The van der Waals surface area contributed by atoms with E-state index >= 15 is 0 Å². The number of aryl methyl sites for hydroxylation is 1. The summed E-state index contributed by atoms with van der Waals surface area (Å²) in [6.45, 7) is 5.87. The van der Waals surface area contributed by atoms with Gasteiger partial charge in [-0.1, -0.05) is 18.3 Å². The summed E-state index contributed by atoms with van der Waals surface area (Å²) in [5, 5.41) is 3.26. The van der Waals surface area contributed by atoms with Gasteiger partial charge in [-0.15, -0.1) is 0 Å². The van der Waals surface area contributed by atoms with Crippen molar-refractivity contribution in [1.82, 2.24) is 10.3 Å². The first-order chi connectivity index (χ1) is 5.74. The lowest BCUT2D eigenvalue weighted by atomic mass is 10.4. The summed E-state index contributed by atoms with van der Waals surface area (Å²) in [6.07, 6.45) is 1.12. The van der Waals surface area contributed by atoms with Crippen LogP contribution in [0.15, 0.2) is 4.79 Å². The Morgan fingerprint density at radius 3 is 2.83 bits per heavy atom. The van der Waals surface area contributed by atoms with Crippen molar-refractivity contribution in [3.63, 3.8) is 0 Å². The summed E-state index contributed by atoms with van der Waals surface area (Å²) in [5.41, 5.74) is 0.994. The molecule has 1 aromatic heterocycles. The van der Waals surface area contributed by atoms with E-state index in [-0.39, 0.29) is 4.87 Å². The van der Waals surface area contributed by atoms with Crippen molar-refractivity contribution >= 4 is 11.3 Å². The number of nitrogens with one attached hydrogen (secondary N) is 2. The van der Waals surface area contributed by atoms with Crippen LogP contribution in [0.5, 0.6) is 0 Å². The molecule has 4 heteroatoms. The van der Waals surface area contributed by atoms with Gasteiger partial charge in [-0.3, -0.25) is 4.79 Å². The summed E-state index contributed by atoms with van der Waals surface area (Å²) >= 11 is 1.29. The number of H-pyrrole nitrogens is 1. The van der Waals surface area contributed by atoms with Crippen LogP contribution in [0.2, 0.25) is 0 Å². The molecule has 1 heterocycles. The first kappa shape index (κ1) is 9.48. The molecule has 0 aliphatic heterocycles. The molecule has 0 spiro atoms. The minimum Gasteiger partial charge on any atom is -0.317 e. The second-order valence-corrected chi connectivity index (χ2v) is 3.81. The van der Waals surface area contributed by atoms with Crippen molar-refractivity contribution in [3.8, 4) is 0 Å². The third kappa shape index (κ3) is 2.46. The molecule has 68 valence electrons. The Morgan fingerprint density at radius 2 is 2.33 bits per heavy atom. The number of hydrogen-bond donors (Lipinski definition) is 2. The third-order valence-corrected chi connectivity index (χ3v) is 2.62. The van der Waals surface area contributed by atoms with Gasteiger partial charge >= 0.3 is 4.87 Å². The molecule has 0 fully saturated rings. The van der Waals surface area contributed by atoms with Gasteiger partial charge in [-0.25, -0.2) is 0 Å². The number of aromatic amines is 1. The lowest BCUT2D eigenvalue weighted by Crippen LogP contribution is -2.13. The maximum absolute atomic E-state index is 10.9. The van der Waals surface area contributed by atoms with E-state index in [0.717, 1.165) is 30.1 Å². The average Bonchev–Trinajstić information content (AvgIpc) is 2.31. The highest BCUT2D eigenvalue weighted by molar-refractivity contribution is 7.09. The number of aromatic nitrogens is 1. The Hall–Kier alpha value is -0.610. The quantitative estimate of drug-likeness (QED) is 0.695. The summed E-state index contributed by atoms with van der Waals surface area (Å²) < 4.78 is 0. The zero-order chi connectivity index (χ0) is 8.97. The number of rotatable bonds is 4. The molecule has 0 aliphatic carbocycles. The predicted octanol–water partition coefficient (Wildman–Crippen LogP) is 1.24. The molecule has 3 nitrogen and oxygen atoms in total. The Kier molecular flexibility index (Phi) is 3.49. The van der Waals surface area contributed by atoms with E-state index in [4.69, 9.17) is 0 Å². The molecule has 0 saturated heterocycles. The average molecular weight is 186 g/mol. The van der Waals surface area contributed by atoms with E-state index in [1.807, 2.05) is 6.92 Å². The van der Waals surface area contributed by atoms with Crippen molar-refractivity contribution < 1.29 is 0 Å². The highest BCUT2D eigenvalue weighted by atomic mass is 32.1. The second-order valence-electron chi connectivity index (χ2n) is 2.74. The van der Waals surface area contributed by atoms with Gasteiger partial charge in [-0.05, 0) is 19.9 Å². The van der Waals surface area contributed by atoms with Crippen molar-refractivity contribution in [1.29, 1.82) is 0 Å². The Morgan fingerprint density at radius 1 is 1.58 bits per heavy atom.